The van der Waals surface area contributed by atoms with Crippen LogP contribution in [0.2, 0.25) is 0 Å². The van der Waals surface area contributed by atoms with Crippen LogP contribution in [0.3, 0.4) is 0 Å². The molecule has 1 aromatic rings. The Morgan fingerprint density at radius 2 is 2.05 bits per heavy atom. The van der Waals surface area contributed by atoms with Crippen molar-refractivity contribution in [1.29, 1.82) is 0 Å². The van der Waals surface area contributed by atoms with Crippen molar-refractivity contribution in [1.82, 2.24) is 9.71 Å². The maximum absolute atomic E-state index is 12.2. The van der Waals surface area contributed by atoms with Crippen molar-refractivity contribution in [3.63, 3.8) is 0 Å². The summed E-state index contributed by atoms with van der Waals surface area (Å²) in [7, 11) is -2.02. The highest BCUT2D eigenvalue weighted by Crippen LogP contribution is 2.17. The average Bonchev–Trinajstić information content (AvgIpc) is 2.49. The Balaban J connectivity index is 2.57. The van der Waals surface area contributed by atoms with Crippen molar-refractivity contribution in [2.24, 2.45) is 0 Å². The van der Waals surface area contributed by atoms with E-state index < -0.39 is 10.0 Å². The molecule has 0 amide bonds. The van der Waals surface area contributed by atoms with E-state index in [4.69, 9.17) is 9.47 Å². The van der Waals surface area contributed by atoms with Gasteiger partial charge in [0, 0.05) is 26.4 Å². The van der Waals surface area contributed by atoms with E-state index in [0.717, 1.165) is 6.42 Å². The van der Waals surface area contributed by atoms with Crippen LogP contribution >= 0.6 is 0 Å². The van der Waals surface area contributed by atoms with Gasteiger partial charge in [0.1, 0.15) is 10.7 Å². The second-order valence-corrected chi connectivity index (χ2v) is 6.02. The van der Waals surface area contributed by atoms with Crippen LogP contribution in [0.5, 0.6) is 0 Å². The fraction of sp³-hybridized carbons (Fsp3) is 0.615. The molecule has 0 aliphatic rings. The monoisotopic (exact) mass is 317 g/mol. The van der Waals surface area contributed by atoms with Crippen molar-refractivity contribution < 1.29 is 17.9 Å². The van der Waals surface area contributed by atoms with Gasteiger partial charge in [0.25, 0.3) is 0 Å². The van der Waals surface area contributed by atoms with Crippen molar-refractivity contribution in [2.45, 2.75) is 18.2 Å². The molecule has 0 atom stereocenters. The maximum Gasteiger partial charge on any atom is 0.244 e. The first-order valence-corrected chi connectivity index (χ1v) is 8.35. The molecule has 2 N–H and O–H groups in total. The molecule has 1 rings (SSSR count). The van der Waals surface area contributed by atoms with E-state index in [9.17, 15) is 8.42 Å². The van der Waals surface area contributed by atoms with Crippen molar-refractivity contribution in [3.8, 4) is 0 Å². The third-order valence-electron chi connectivity index (χ3n) is 2.57. The zero-order chi connectivity index (χ0) is 15.6. The summed E-state index contributed by atoms with van der Waals surface area (Å²) in [6, 6.07) is 3.12. The summed E-state index contributed by atoms with van der Waals surface area (Å²) in [5, 5.41) is 3.01. The minimum atomic E-state index is -3.60. The fourth-order valence-electron chi connectivity index (χ4n) is 1.55. The molecule has 7 nitrogen and oxygen atoms in total. The van der Waals surface area contributed by atoms with Crippen molar-refractivity contribution in [3.05, 3.63) is 18.3 Å². The summed E-state index contributed by atoms with van der Waals surface area (Å²) in [5.74, 6) is 0.368. The van der Waals surface area contributed by atoms with Crippen LogP contribution in [0.15, 0.2) is 23.2 Å². The Kier molecular flexibility index (Phi) is 8.21. The average molecular weight is 317 g/mol. The van der Waals surface area contributed by atoms with E-state index in [1.165, 1.54) is 6.07 Å². The number of methoxy groups -OCH3 is 1. The highest BCUT2D eigenvalue weighted by Gasteiger charge is 2.18. The van der Waals surface area contributed by atoms with E-state index in [0.29, 0.717) is 32.2 Å². The first-order valence-electron chi connectivity index (χ1n) is 6.87. The van der Waals surface area contributed by atoms with E-state index in [2.05, 4.69) is 15.0 Å². The van der Waals surface area contributed by atoms with Crippen LogP contribution < -0.4 is 10.0 Å². The van der Waals surface area contributed by atoms with Crippen LogP contribution in [-0.4, -0.2) is 53.4 Å². The molecule has 0 saturated carbocycles. The SMILES string of the molecule is CCCNc1ncccc1S(=O)(=O)NCCOCCOC. The first kappa shape index (κ1) is 17.8. The number of sulfonamides is 1. The maximum atomic E-state index is 12.2. The van der Waals surface area contributed by atoms with Crippen LogP contribution in [0, 0.1) is 0 Å². The van der Waals surface area contributed by atoms with E-state index in [1.807, 2.05) is 6.92 Å². The number of nitrogens with one attached hydrogen (secondary N) is 2. The molecule has 0 aliphatic heterocycles. The van der Waals surface area contributed by atoms with E-state index >= 15 is 0 Å². The number of ether oxygens (including phenoxy) is 2. The zero-order valence-electron chi connectivity index (χ0n) is 12.5. The second-order valence-electron chi connectivity index (χ2n) is 4.28. The molecule has 1 heterocycles. The summed E-state index contributed by atoms with van der Waals surface area (Å²) in [6.45, 7) is 4.09. The molecule has 0 spiro atoms. The Bertz CT molecular complexity index is 508. The lowest BCUT2D eigenvalue weighted by Crippen LogP contribution is -2.28. The van der Waals surface area contributed by atoms with Crippen LogP contribution in [0.4, 0.5) is 5.82 Å². The molecule has 120 valence electrons. The standard InChI is InChI=1S/C13H23N3O4S/c1-3-6-14-13-12(5-4-7-15-13)21(17,18)16-8-9-20-11-10-19-2/h4-5,7,16H,3,6,8-11H2,1-2H3,(H,14,15). The van der Waals surface area contributed by atoms with Gasteiger partial charge in [-0.15, -0.1) is 0 Å². The van der Waals surface area contributed by atoms with Gasteiger partial charge in [-0.1, -0.05) is 6.92 Å². The van der Waals surface area contributed by atoms with Gasteiger partial charge in [-0.05, 0) is 18.6 Å². The fourth-order valence-corrected chi connectivity index (χ4v) is 2.70. The van der Waals surface area contributed by atoms with Gasteiger partial charge in [-0.3, -0.25) is 0 Å². The van der Waals surface area contributed by atoms with Gasteiger partial charge in [0.05, 0.1) is 19.8 Å². The lowest BCUT2D eigenvalue weighted by Gasteiger charge is -2.11. The number of rotatable bonds is 11. The van der Waals surface area contributed by atoms with E-state index in [1.54, 1.807) is 19.4 Å². The Labute approximate surface area is 126 Å². The predicted octanol–water partition coefficient (Wildman–Crippen LogP) is 0.845. The first-order chi connectivity index (χ1) is 10.1. The van der Waals surface area contributed by atoms with Gasteiger partial charge in [0.2, 0.25) is 10.0 Å². The van der Waals surface area contributed by atoms with Crippen LogP contribution in [0.25, 0.3) is 0 Å². The number of pyridine rings is 1. The number of aromatic nitrogens is 1. The molecule has 0 aromatic carbocycles. The lowest BCUT2D eigenvalue weighted by molar-refractivity contribution is 0.0736. The largest absolute Gasteiger partial charge is 0.382 e. The third-order valence-corrected chi connectivity index (χ3v) is 4.07. The highest BCUT2D eigenvalue weighted by molar-refractivity contribution is 7.89. The Morgan fingerprint density at radius 1 is 1.24 bits per heavy atom. The minimum absolute atomic E-state index is 0.148. The Hall–Kier alpha value is -1.22. The van der Waals surface area contributed by atoms with Crippen LogP contribution in [-0.2, 0) is 19.5 Å². The molecule has 0 aliphatic carbocycles. The lowest BCUT2D eigenvalue weighted by atomic mass is 10.4. The highest BCUT2D eigenvalue weighted by atomic mass is 32.2. The molecular formula is C13H23N3O4S. The summed E-state index contributed by atoms with van der Waals surface area (Å²) in [5.41, 5.74) is 0. The molecule has 21 heavy (non-hydrogen) atoms. The number of hydrogen-bond donors (Lipinski definition) is 2. The summed E-state index contributed by atoms with van der Waals surface area (Å²) < 4.78 is 37.0. The minimum Gasteiger partial charge on any atom is -0.382 e. The number of anilines is 1. The summed E-state index contributed by atoms with van der Waals surface area (Å²) in [4.78, 5) is 4.22. The molecule has 0 saturated heterocycles. The molecule has 1 aromatic heterocycles. The molecule has 0 fully saturated rings. The molecule has 0 bridgehead atoms. The molecule has 8 heteroatoms. The smallest absolute Gasteiger partial charge is 0.244 e. The van der Waals surface area contributed by atoms with E-state index in [-0.39, 0.29) is 11.4 Å². The quantitative estimate of drug-likeness (QED) is 0.588. The van der Waals surface area contributed by atoms with Crippen molar-refractivity contribution in [2.75, 3.05) is 45.3 Å². The number of nitrogens with zero attached hydrogens (tertiary/aromatic N) is 1. The van der Waals surface area contributed by atoms with Crippen molar-refractivity contribution >= 4 is 15.8 Å². The summed E-state index contributed by atoms with van der Waals surface area (Å²) in [6.07, 6.45) is 2.45. The van der Waals surface area contributed by atoms with Gasteiger partial charge in [-0.25, -0.2) is 18.1 Å². The summed E-state index contributed by atoms with van der Waals surface area (Å²) >= 11 is 0. The van der Waals surface area contributed by atoms with Gasteiger partial charge < -0.3 is 14.8 Å². The molecule has 0 radical (unpaired) electrons. The normalized spacial score (nSPS) is 11.5. The second kappa shape index (κ2) is 9.67. The van der Waals surface area contributed by atoms with Gasteiger partial charge in [0.15, 0.2) is 0 Å². The van der Waals surface area contributed by atoms with Crippen LogP contribution in [0.1, 0.15) is 13.3 Å². The third kappa shape index (κ3) is 6.38. The molecular weight excluding hydrogens is 294 g/mol. The zero-order valence-corrected chi connectivity index (χ0v) is 13.3. The predicted molar refractivity (Wildman–Crippen MR) is 80.9 cm³/mol. The topological polar surface area (TPSA) is 89.6 Å². The Morgan fingerprint density at radius 3 is 2.76 bits per heavy atom. The van der Waals surface area contributed by atoms with Gasteiger partial charge >= 0.3 is 0 Å². The number of hydrogen-bond acceptors (Lipinski definition) is 6. The van der Waals surface area contributed by atoms with Gasteiger partial charge in [-0.2, -0.15) is 0 Å². The molecule has 0 unspecified atom stereocenters.